The number of carbonyl (C=O) groups excluding carboxylic acids is 1. The van der Waals surface area contributed by atoms with Gasteiger partial charge in [0, 0.05) is 31.0 Å². The first kappa shape index (κ1) is 37.5. The van der Waals surface area contributed by atoms with Crippen molar-refractivity contribution >= 4 is 17.8 Å². The van der Waals surface area contributed by atoms with Gasteiger partial charge in [0.1, 0.15) is 11.5 Å². The van der Waals surface area contributed by atoms with E-state index in [4.69, 9.17) is 24.1 Å². The molecule has 0 spiro atoms. The van der Waals surface area contributed by atoms with Crippen LogP contribution in [0.5, 0.6) is 23.0 Å². The maximum Gasteiger partial charge on any atom is 0.303 e. The Balaban J connectivity index is 1.14. The zero-order valence-electron chi connectivity index (χ0n) is 29.5. The molecule has 1 amide bonds. The fourth-order valence-electron chi connectivity index (χ4n) is 6.72. The van der Waals surface area contributed by atoms with E-state index in [9.17, 15) is 19.5 Å². The van der Waals surface area contributed by atoms with Crippen molar-refractivity contribution in [3.8, 4) is 34.1 Å². The van der Waals surface area contributed by atoms with Gasteiger partial charge in [-0.15, -0.1) is 0 Å². The average molecular weight is 703 g/mol. The van der Waals surface area contributed by atoms with Gasteiger partial charge in [-0.3, -0.25) is 14.4 Å². The number of aryl methyl sites for hydroxylation is 1. The van der Waals surface area contributed by atoms with Crippen molar-refractivity contribution in [3.63, 3.8) is 0 Å². The van der Waals surface area contributed by atoms with E-state index in [1.165, 1.54) is 6.42 Å². The van der Waals surface area contributed by atoms with Crippen molar-refractivity contribution in [1.82, 2.24) is 10.2 Å². The number of hydrogen-bond acceptors (Lipinski definition) is 8. The average Bonchev–Trinajstić information content (AvgIpc) is 3.77. The molecule has 3 aromatic carbocycles. The third-order valence-corrected chi connectivity index (χ3v) is 9.53. The number of amides is 1. The van der Waals surface area contributed by atoms with Crippen LogP contribution in [0.1, 0.15) is 85.7 Å². The molecule has 3 N–H and O–H groups in total. The number of carboxylic acids is 2. The van der Waals surface area contributed by atoms with Gasteiger partial charge in [-0.25, -0.2) is 0 Å². The number of rotatable bonds is 21. The van der Waals surface area contributed by atoms with Crippen LogP contribution in [0.4, 0.5) is 0 Å². The summed E-state index contributed by atoms with van der Waals surface area (Å²) in [7, 11) is 2.14. The van der Waals surface area contributed by atoms with E-state index in [1.54, 1.807) is 0 Å². The van der Waals surface area contributed by atoms with Crippen LogP contribution in [0.15, 0.2) is 54.6 Å². The molecule has 2 aliphatic rings. The largest absolute Gasteiger partial charge is 0.494 e. The maximum absolute atomic E-state index is 13.3. The number of nitrogens with zero attached hydrogens (tertiary/aromatic N) is 1. The van der Waals surface area contributed by atoms with Gasteiger partial charge in [0.15, 0.2) is 11.5 Å². The molecule has 1 fully saturated rings. The Morgan fingerprint density at radius 3 is 2.45 bits per heavy atom. The number of likely N-dealkylation sites (tertiary alicyclic amines) is 1. The zero-order valence-corrected chi connectivity index (χ0v) is 29.5. The van der Waals surface area contributed by atoms with Crippen molar-refractivity contribution in [3.05, 3.63) is 71.3 Å². The highest BCUT2D eigenvalue weighted by molar-refractivity contribution is 5.96. The number of nitrogens with one attached hydrogen (secondary N) is 1. The van der Waals surface area contributed by atoms with Crippen LogP contribution in [-0.2, 0) is 22.4 Å². The Labute approximate surface area is 299 Å². The van der Waals surface area contributed by atoms with Gasteiger partial charge in [-0.1, -0.05) is 31.0 Å². The highest BCUT2D eigenvalue weighted by Gasteiger charge is 2.21. The molecule has 0 saturated carbocycles. The quantitative estimate of drug-likeness (QED) is 0.102. The molecule has 0 aromatic heterocycles. The lowest BCUT2D eigenvalue weighted by molar-refractivity contribution is -0.138. The highest BCUT2D eigenvalue weighted by Crippen LogP contribution is 2.37. The molecule has 0 radical (unpaired) electrons. The number of ether oxygens (including phenoxy) is 4. The number of hydrogen-bond donors (Lipinski definition) is 3. The smallest absolute Gasteiger partial charge is 0.303 e. The van der Waals surface area contributed by atoms with Crippen LogP contribution >= 0.6 is 0 Å². The molecule has 1 atom stereocenters. The minimum atomic E-state index is -0.872. The number of carbonyl (C=O) groups is 3. The fourth-order valence-corrected chi connectivity index (χ4v) is 6.72. The van der Waals surface area contributed by atoms with Crippen LogP contribution in [-0.4, -0.2) is 79.1 Å². The third kappa shape index (κ3) is 11.4. The Kier molecular flexibility index (Phi) is 14.0. The van der Waals surface area contributed by atoms with E-state index in [0.29, 0.717) is 60.6 Å². The van der Waals surface area contributed by atoms with Crippen LogP contribution in [0, 0.1) is 0 Å². The summed E-state index contributed by atoms with van der Waals surface area (Å²) in [5.74, 6) is 0.771. The minimum Gasteiger partial charge on any atom is -0.494 e. The molecule has 3 aromatic rings. The maximum atomic E-state index is 13.3. The lowest BCUT2D eigenvalue weighted by Crippen LogP contribution is -2.31. The van der Waals surface area contributed by atoms with Crippen molar-refractivity contribution < 1.29 is 43.5 Å². The Morgan fingerprint density at radius 1 is 0.843 bits per heavy atom. The molecular weight excluding hydrogens is 652 g/mol. The van der Waals surface area contributed by atoms with Gasteiger partial charge in [-0.2, -0.15) is 0 Å². The van der Waals surface area contributed by atoms with Crippen molar-refractivity contribution in [2.75, 3.05) is 40.1 Å². The Morgan fingerprint density at radius 2 is 1.65 bits per heavy atom. The Hall–Kier alpha value is -4.77. The first-order valence-corrected chi connectivity index (χ1v) is 18.1. The normalized spacial score (nSPS) is 15.1. The number of benzene rings is 3. The van der Waals surface area contributed by atoms with Crippen LogP contribution < -0.4 is 24.3 Å². The summed E-state index contributed by atoms with van der Waals surface area (Å²) in [5, 5.41) is 21.3. The van der Waals surface area contributed by atoms with Crippen LogP contribution in [0.25, 0.3) is 11.1 Å². The topological polar surface area (TPSA) is 144 Å². The number of unbranched alkanes of at least 4 members (excludes halogenated alkanes) is 3. The molecule has 0 aliphatic carbocycles. The van der Waals surface area contributed by atoms with Gasteiger partial charge < -0.3 is 39.4 Å². The highest BCUT2D eigenvalue weighted by atomic mass is 16.7. The molecule has 51 heavy (non-hydrogen) atoms. The van der Waals surface area contributed by atoms with Gasteiger partial charge in [0.2, 0.25) is 6.79 Å². The SMILES string of the molecule is CN1CCCC1CCNC(=O)c1cc(OCCCCCCc2cccc(OCCCC(=O)O)c2CCC(=O)O)cc(-c2ccc3c(c2)OCO3)c1. The van der Waals surface area contributed by atoms with Gasteiger partial charge in [-0.05, 0) is 124 Å². The van der Waals surface area contributed by atoms with E-state index >= 15 is 0 Å². The van der Waals surface area contributed by atoms with Gasteiger partial charge in [0.25, 0.3) is 5.91 Å². The van der Waals surface area contributed by atoms with Gasteiger partial charge >= 0.3 is 11.9 Å². The predicted molar refractivity (Wildman–Crippen MR) is 193 cm³/mol. The van der Waals surface area contributed by atoms with E-state index < -0.39 is 11.9 Å². The van der Waals surface area contributed by atoms with Crippen molar-refractivity contribution in [2.45, 2.75) is 83.1 Å². The first-order valence-electron chi connectivity index (χ1n) is 18.1. The molecule has 2 aliphatic heterocycles. The summed E-state index contributed by atoms with van der Waals surface area (Å²) in [6.45, 7) is 2.68. The van der Waals surface area contributed by atoms with Crippen LogP contribution in [0.2, 0.25) is 0 Å². The summed E-state index contributed by atoms with van der Waals surface area (Å²) in [5.41, 5.74) is 4.25. The van der Waals surface area contributed by atoms with Crippen molar-refractivity contribution in [2.24, 2.45) is 0 Å². The number of carboxylic acid groups (broad SMARTS) is 2. The standard InChI is InChI=1S/C40H50N2O9/c1-42-20-7-11-32(42)18-19-41-40(47)31-23-30(29-14-16-36-37(26-29)51-27-50-36)24-33(25-31)48-21-5-3-2-4-9-28-10-6-12-35(34(28)15-17-39(45)46)49-22-8-13-38(43)44/h6,10,12,14,16,23-26,32H,2-5,7-9,11,13,15,17-22,27H2,1H3,(H,41,47)(H,43,44)(H,45,46). The molecule has 0 bridgehead atoms. The number of fused-ring (bicyclic) bond motifs is 1. The zero-order chi connectivity index (χ0) is 36.0. The Bertz CT molecular complexity index is 1640. The summed E-state index contributed by atoms with van der Waals surface area (Å²) in [6, 6.07) is 17.7. The summed E-state index contributed by atoms with van der Waals surface area (Å²) < 4.78 is 23.2. The second-order valence-electron chi connectivity index (χ2n) is 13.3. The van der Waals surface area contributed by atoms with Gasteiger partial charge in [0.05, 0.1) is 13.2 Å². The monoisotopic (exact) mass is 702 g/mol. The molecule has 1 saturated heterocycles. The second kappa shape index (κ2) is 19.0. The lowest BCUT2D eigenvalue weighted by atomic mass is 9.97. The summed E-state index contributed by atoms with van der Waals surface area (Å²) in [4.78, 5) is 37.9. The molecule has 2 heterocycles. The third-order valence-electron chi connectivity index (χ3n) is 9.53. The molecule has 11 nitrogen and oxygen atoms in total. The molecule has 1 unspecified atom stereocenters. The molecule has 11 heteroatoms. The van der Waals surface area contributed by atoms with Crippen molar-refractivity contribution in [1.29, 1.82) is 0 Å². The minimum absolute atomic E-state index is 0.00284. The van der Waals surface area contributed by atoms with E-state index in [-0.39, 0.29) is 32.1 Å². The molecule has 274 valence electrons. The lowest BCUT2D eigenvalue weighted by Gasteiger charge is -2.19. The second-order valence-corrected chi connectivity index (χ2v) is 13.3. The van der Waals surface area contributed by atoms with E-state index in [1.807, 2.05) is 54.6 Å². The van der Waals surface area contributed by atoms with E-state index in [2.05, 4.69) is 17.3 Å². The fraction of sp³-hybridized carbons (Fsp3) is 0.475. The number of aliphatic carboxylic acids is 2. The predicted octanol–water partition coefficient (Wildman–Crippen LogP) is 6.74. The summed E-state index contributed by atoms with van der Waals surface area (Å²) >= 11 is 0. The van der Waals surface area contributed by atoms with Crippen LogP contribution in [0.3, 0.4) is 0 Å². The first-order chi connectivity index (χ1) is 24.8. The molecular formula is C40H50N2O9. The van der Waals surface area contributed by atoms with E-state index in [0.717, 1.165) is 73.7 Å². The molecule has 5 rings (SSSR count). The summed E-state index contributed by atoms with van der Waals surface area (Å²) in [6.07, 6.45) is 8.50.